The van der Waals surface area contributed by atoms with Gasteiger partial charge in [-0.25, -0.2) is 12.7 Å². The van der Waals surface area contributed by atoms with Crippen LogP contribution in [0.25, 0.3) is 0 Å². The molecule has 0 aliphatic carbocycles. The highest BCUT2D eigenvalue weighted by molar-refractivity contribution is 7.88. The van der Waals surface area contributed by atoms with Crippen molar-refractivity contribution >= 4 is 15.9 Å². The highest BCUT2D eigenvalue weighted by atomic mass is 32.2. The number of hydrogen-bond acceptors (Lipinski definition) is 6. The fraction of sp³-hybridized carbons (Fsp3) is 0.583. The number of ether oxygens (including phenoxy) is 1. The van der Waals surface area contributed by atoms with Crippen LogP contribution < -0.4 is 16.0 Å². The Hall–Kier alpha value is -1.90. The van der Waals surface area contributed by atoms with E-state index >= 15 is 0 Å². The first-order valence-corrected chi connectivity index (χ1v) is 8.59. The molecule has 0 aromatic rings. The monoisotopic (exact) mass is 316 g/mol. The second-order valence-electron chi connectivity index (χ2n) is 4.92. The van der Waals surface area contributed by atoms with Crippen LogP contribution in [0.3, 0.4) is 0 Å². The van der Waals surface area contributed by atoms with Crippen molar-refractivity contribution < 1.29 is 17.9 Å². The number of carbonyl (C=O) groups is 1. The number of likely N-dealkylation sites (N-methyl/N-ethyl adjacent to an activating group) is 1. The van der Waals surface area contributed by atoms with Crippen molar-refractivity contribution in [3.8, 4) is 0 Å². The average molecular weight is 316 g/mol. The molecule has 0 aromatic heterocycles. The maximum atomic E-state index is 12.0. The molecule has 0 radical (unpaired) electrons. The van der Waals surface area contributed by atoms with Crippen LogP contribution in [0.4, 0.5) is 0 Å². The van der Waals surface area contributed by atoms with Crippen LogP contribution in [0.1, 0.15) is 20.3 Å². The van der Waals surface area contributed by atoms with Crippen LogP contribution in [-0.4, -0.2) is 44.0 Å². The van der Waals surface area contributed by atoms with E-state index in [4.69, 9.17) is 4.74 Å². The van der Waals surface area contributed by atoms with Gasteiger partial charge in [0.2, 0.25) is 15.8 Å². The summed E-state index contributed by atoms with van der Waals surface area (Å²) in [6.07, 6.45) is 3.15. The number of nitrogens with one attached hydrogen (secondary N) is 3. The molecule has 0 aromatic carbocycles. The number of hydrogen-bond donors (Lipinski definition) is 3. The molecular weight excluding hydrogens is 296 g/mol. The molecule has 2 rings (SSSR count). The quantitative estimate of drug-likeness (QED) is 0.640. The molecule has 9 heteroatoms. The Morgan fingerprint density at radius 2 is 2.29 bits per heavy atom. The van der Waals surface area contributed by atoms with E-state index in [2.05, 4.69) is 16.0 Å². The molecule has 1 amide bonds. The van der Waals surface area contributed by atoms with Gasteiger partial charge in [0.25, 0.3) is 11.8 Å². The average Bonchev–Trinajstić information content (AvgIpc) is 2.55. The van der Waals surface area contributed by atoms with Gasteiger partial charge in [0, 0.05) is 19.1 Å². The molecule has 2 heterocycles. The molecule has 1 unspecified atom stereocenters. The van der Waals surface area contributed by atoms with E-state index < -0.39 is 15.9 Å². The minimum atomic E-state index is -3.52. The second kappa shape index (κ2) is 5.84. The summed E-state index contributed by atoms with van der Waals surface area (Å²) in [7, 11) is -3.52. The van der Waals surface area contributed by atoms with Crippen LogP contribution in [0.15, 0.2) is 23.7 Å². The molecule has 2 aliphatic rings. The van der Waals surface area contributed by atoms with Crippen molar-refractivity contribution in [3.63, 3.8) is 0 Å². The van der Waals surface area contributed by atoms with Gasteiger partial charge in [-0.05, 0) is 20.3 Å². The minimum absolute atomic E-state index is 0.0279. The van der Waals surface area contributed by atoms with Gasteiger partial charge in [-0.3, -0.25) is 4.79 Å². The largest absolute Gasteiger partial charge is 0.429 e. The summed E-state index contributed by atoms with van der Waals surface area (Å²) in [5, 5.41) is 8.56. The molecule has 2 aliphatic heterocycles. The molecular formula is C12H20N4O4S. The van der Waals surface area contributed by atoms with Crippen molar-refractivity contribution in [1.82, 2.24) is 20.3 Å². The zero-order valence-corrected chi connectivity index (χ0v) is 13.1. The highest BCUT2D eigenvalue weighted by Gasteiger charge is 2.35. The van der Waals surface area contributed by atoms with Gasteiger partial charge in [0.05, 0.1) is 12.5 Å². The SMILES string of the molecule is CCNC(=O)C1=CNC2=C(O1)N(S(C)(=O)=O)C(C)CCN2. The Morgan fingerprint density at radius 3 is 2.90 bits per heavy atom. The van der Waals surface area contributed by atoms with E-state index in [1.807, 2.05) is 0 Å². The highest BCUT2D eigenvalue weighted by Crippen LogP contribution is 2.26. The summed E-state index contributed by atoms with van der Waals surface area (Å²) in [6.45, 7) is 4.65. The lowest BCUT2D eigenvalue weighted by Gasteiger charge is -2.31. The Kier molecular flexibility index (Phi) is 4.31. The van der Waals surface area contributed by atoms with E-state index in [-0.39, 0.29) is 17.7 Å². The molecule has 21 heavy (non-hydrogen) atoms. The summed E-state index contributed by atoms with van der Waals surface area (Å²) in [5.41, 5.74) is 0. The van der Waals surface area contributed by atoms with Crippen LogP contribution >= 0.6 is 0 Å². The summed E-state index contributed by atoms with van der Waals surface area (Å²) in [5.74, 6) is 0.172. The van der Waals surface area contributed by atoms with Gasteiger partial charge in [0.15, 0.2) is 5.82 Å². The Bertz CT molecular complexity index is 596. The van der Waals surface area contributed by atoms with Crippen LogP contribution in [0.5, 0.6) is 0 Å². The van der Waals surface area contributed by atoms with Crippen LogP contribution in [0.2, 0.25) is 0 Å². The summed E-state index contributed by atoms with van der Waals surface area (Å²) in [6, 6.07) is -0.268. The fourth-order valence-electron chi connectivity index (χ4n) is 2.23. The lowest BCUT2D eigenvalue weighted by Crippen LogP contribution is -2.41. The van der Waals surface area contributed by atoms with Crippen molar-refractivity contribution in [2.24, 2.45) is 0 Å². The van der Waals surface area contributed by atoms with Crippen molar-refractivity contribution in [3.05, 3.63) is 23.7 Å². The predicted molar refractivity (Wildman–Crippen MR) is 76.8 cm³/mol. The third-order valence-corrected chi connectivity index (χ3v) is 4.39. The molecule has 0 bridgehead atoms. The molecule has 118 valence electrons. The minimum Gasteiger partial charge on any atom is -0.429 e. The first-order chi connectivity index (χ1) is 9.84. The molecule has 0 spiro atoms. The summed E-state index contributed by atoms with van der Waals surface area (Å²) < 4.78 is 30.8. The van der Waals surface area contributed by atoms with Crippen LogP contribution in [-0.2, 0) is 19.6 Å². The number of rotatable bonds is 3. The lowest BCUT2D eigenvalue weighted by atomic mass is 10.2. The number of sulfonamides is 1. The number of amides is 1. The third-order valence-electron chi connectivity index (χ3n) is 3.15. The van der Waals surface area contributed by atoms with E-state index in [9.17, 15) is 13.2 Å². The predicted octanol–water partition coefficient (Wildman–Crippen LogP) is -0.646. The van der Waals surface area contributed by atoms with Crippen molar-refractivity contribution in [2.75, 3.05) is 19.3 Å². The normalized spacial score (nSPS) is 22.1. The van der Waals surface area contributed by atoms with Gasteiger partial charge < -0.3 is 20.7 Å². The number of carbonyl (C=O) groups excluding carboxylic acids is 1. The zero-order valence-electron chi connectivity index (χ0n) is 12.3. The topological polar surface area (TPSA) is 99.8 Å². The first kappa shape index (κ1) is 15.5. The van der Waals surface area contributed by atoms with E-state index in [0.717, 1.165) is 6.26 Å². The van der Waals surface area contributed by atoms with E-state index in [1.165, 1.54) is 10.5 Å². The van der Waals surface area contributed by atoms with Gasteiger partial charge >= 0.3 is 0 Å². The fourth-order valence-corrected chi connectivity index (χ4v) is 3.42. The molecule has 0 saturated heterocycles. The third kappa shape index (κ3) is 3.23. The standard InChI is InChI=1S/C12H20N4O4S/c1-4-13-11(17)9-7-15-10-12(20-9)16(21(3,18)19)8(2)5-6-14-10/h7-8,14-15H,4-6H2,1-3H3,(H,13,17). The van der Waals surface area contributed by atoms with Gasteiger partial charge in [0.1, 0.15) is 0 Å². The lowest BCUT2D eigenvalue weighted by molar-refractivity contribution is -0.120. The Labute approximate surface area is 124 Å². The smallest absolute Gasteiger partial charge is 0.288 e. The van der Waals surface area contributed by atoms with E-state index in [0.29, 0.717) is 25.3 Å². The molecule has 0 saturated carbocycles. The van der Waals surface area contributed by atoms with Gasteiger partial charge in [-0.1, -0.05) is 0 Å². The second-order valence-corrected chi connectivity index (χ2v) is 6.78. The molecule has 1 atom stereocenters. The molecule has 3 N–H and O–H groups in total. The summed E-state index contributed by atoms with van der Waals surface area (Å²) >= 11 is 0. The maximum absolute atomic E-state index is 12.0. The van der Waals surface area contributed by atoms with Crippen LogP contribution in [0, 0.1) is 0 Å². The van der Waals surface area contributed by atoms with Crippen molar-refractivity contribution in [2.45, 2.75) is 26.3 Å². The zero-order chi connectivity index (χ0) is 15.6. The number of nitrogens with zero attached hydrogens (tertiary/aromatic N) is 1. The first-order valence-electron chi connectivity index (χ1n) is 6.75. The van der Waals surface area contributed by atoms with Gasteiger partial charge in [-0.15, -0.1) is 0 Å². The van der Waals surface area contributed by atoms with Gasteiger partial charge in [-0.2, -0.15) is 0 Å². The maximum Gasteiger partial charge on any atom is 0.288 e. The summed E-state index contributed by atoms with van der Waals surface area (Å²) in [4.78, 5) is 11.8. The van der Waals surface area contributed by atoms with Crippen molar-refractivity contribution in [1.29, 1.82) is 0 Å². The molecule has 8 nitrogen and oxygen atoms in total. The van der Waals surface area contributed by atoms with E-state index in [1.54, 1.807) is 13.8 Å². The Balaban J connectivity index is 2.33. The molecule has 0 fully saturated rings. The Morgan fingerprint density at radius 1 is 1.57 bits per heavy atom.